The Balaban J connectivity index is 1.87. The van der Waals surface area contributed by atoms with Crippen molar-refractivity contribution in [2.24, 2.45) is 0 Å². The van der Waals surface area contributed by atoms with Gasteiger partial charge in [-0.2, -0.15) is 0 Å². The van der Waals surface area contributed by atoms with E-state index in [-0.39, 0.29) is 22.1 Å². The van der Waals surface area contributed by atoms with Crippen molar-refractivity contribution in [2.45, 2.75) is 37.1 Å². The van der Waals surface area contributed by atoms with Crippen LogP contribution < -0.4 is 14.8 Å². The standard InChI is InChI=1S/C21H24N2O4/c1-26-18-11-16-17(12-19(18)27-2)21(8-3-4-9-21)13-22-20(16)14-6-5-7-15(10-14)23(24)25/h5-7,10-12,20,22H,3-4,8-9,13H2,1-2H3/p+1/t20-/m0/s1. The van der Waals surface area contributed by atoms with Crippen LogP contribution in [-0.2, 0) is 5.41 Å². The Kier molecular flexibility index (Phi) is 4.52. The fraction of sp³-hybridized carbons (Fsp3) is 0.429. The predicted octanol–water partition coefficient (Wildman–Crippen LogP) is 3.09. The first-order valence-electron chi connectivity index (χ1n) is 9.42. The third-order valence-corrected chi connectivity index (χ3v) is 6.21. The second-order valence-corrected chi connectivity index (χ2v) is 7.55. The van der Waals surface area contributed by atoms with E-state index in [0.29, 0.717) is 5.75 Å². The first-order valence-corrected chi connectivity index (χ1v) is 9.42. The Morgan fingerprint density at radius 3 is 2.48 bits per heavy atom. The van der Waals surface area contributed by atoms with E-state index in [1.54, 1.807) is 32.4 Å². The van der Waals surface area contributed by atoms with Gasteiger partial charge in [-0.15, -0.1) is 0 Å². The summed E-state index contributed by atoms with van der Waals surface area (Å²) in [5.74, 6) is 1.46. The molecule has 0 radical (unpaired) electrons. The zero-order valence-corrected chi connectivity index (χ0v) is 15.7. The predicted molar refractivity (Wildman–Crippen MR) is 101 cm³/mol. The summed E-state index contributed by atoms with van der Waals surface area (Å²) in [6, 6.07) is 11.2. The minimum Gasteiger partial charge on any atom is -0.493 e. The normalized spacial score (nSPS) is 20.3. The van der Waals surface area contributed by atoms with Crippen LogP contribution in [0.4, 0.5) is 5.69 Å². The first kappa shape index (κ1) is 17.8. The molecule has 6 heteroatoms. The summed E-state index contributed by atoms with van der Waals surface area (Å²) in [6.45, 7) is 0.989. The van der Waals surface area contributed by atoms with Crippen LogP contribution in [0.3, 0.4) is 0 Å². The maximum absolute atomic E-state index is 11.2. The average Bonchev–Trinajstić information content (AvgIpc) is 3.16. The quantitative estimate of drug-likeness (QED) is 0.664. The molecule has 1 aliphatic heterocycles. The third kappa shape index (κ3) is 2.94. The lowest BCUT2D eigenvalue weighted by Crippen LogP contribution is -2.90. The Bertz CT molecular complexity index is 874. The highest BCUT2D eigenvalue weighted by Gasteiger charge is 2.45. The Hall–Kier alpha value is -2.60. The molecule has 142 valence electrons. The summed E-state index contributed by atoms with van der Waals surface area (Å²) in [4.78, 5) is 10.9. The number of nitrogens with two attached hydrogens (primary N) is 1. The van der Waals surface area contributed by atoms with E-state index >= 15 is 0 Å². The topological polar surface area (TPSA) is 78.2 Å². The van der Waals surface area contributed by atoms with Gasteiger partial charge in [-0.1, -0.05) is 25.0 Å². The number of quaternary nitrogens is 1. The lowest BCUT2D eigenvalue weighted by Gasteiger charge is -2.38. The van der Waals surface area contributed by atoms with Gasteiger partial charge in [0.25, 0.3) is 5.69 Å². The number of nitro groups is 1. The van der Waals surface area contributed by atoms with Crippen molar-refractivity contribution in [2.75, 3.05) is 20.8 Å². The fourth-order valence-corrected chi connectivity index (χ4v) is 4.86. The summed E-state index contributed by atoms with van der Waals surface area (Å²) >= 11 is 0. The van der Waals surface area contributed by atoms with E-state index in [9.17, 15) is 10.1 Å². The van der Waals surface area contributed by atoms with Crippen molar-refractivity contribution in [1.29, 1.82) is 0 Å². The minimum atomic E-state index is -0.333. The summed E-state index contributed by atoms with van der Waals surface area (Å²) in [5.41, 5.74) is 3.74. The smallest absolute Gasteiger partial charge is 0.269 e. The molecule has 2 aromatic rings. The third-order valence-electron chi connectivity index (χ3n) is 6.21. The number of fused-ring (bicyclic) bond motifs is 2. The molecule has 2 aromatic carbocycles. The first-order chi connectivity index (χ1) is 13.1. The maximum atomic E-state index is 11.2. The highest BCUT2D eigenvalue weighted by molar-refractivity contribution is 5.54. The van der Waals surface area contributed by atoms with Crippen molar-refractivity contribution < 1.29 is 19.7 Å². The molecular weight excluding hydrogens is 344 g/mol. The van der Waals surface area contributed by atoms with E-state index in [1.165, 1.54) is 36.8 Å². The molecule has 1 aliphatic carbocycles. The molecule has 1 fully saturated rings. The van der Waals surface area contributed by atoms with E-state index in [0.717, 1.165) is 17.9 Å². The van der Waals surface area contributed by atoms with Crippen LogP contribution in [0.5, 0.6) is 11.5 Å². The number of benzene rings is 2. The van der Waals surface area contributed by atoms with Crippen molar-refractivity contribution in [1.82, 2.24) is 0 Å². The molecule has 27 heavy (non-hydrogen) atoms. The highest BCUT2D eigenvalue weighted by Crippen LogP contribution is 2.48. The van der Waals surface area contributed by atoms with Crippen LogP contribution in [0.15, 0.2) is 36.4 Å². The second-order valence-electron chi connectivity index (χ2n) is 7.55. The van der Waals surface area contributed by atoms with E-state index < -0.39 is 0 Å². The van der Waals surface area contributed by atoms with Crippen LogP contribution in [0.2, 0.25) is 0 Å². The van der Waals surface area contributed by atoms with Gasteiger partial charge >= 0.3 is 0 Å². The molecule has 4 rings (SSSR count). The van der Waals surface area contributed by atoms with E-state index in [1.807, 2.05) is 6.07 Å². The lowest BCUT2D eigenvalue weighted by atomic mass is 9.71. The summed E-state index contributed by atoms with van der Waals surface area (Å²) in [7, 11) is 3.31. The molecular formula is C21H25N2O4+. The fourth-order valence-electron chi connectivity index (χ4n) is 4.86. The van der Waals surface area contributed by atoms with Crippen molar-refractivity contribution in [3.63, 3.8) is 0 Å². The molecule has 1 saturated carbocycles. The molecule has 1 atom stereocenters. The van der Waals surface area contributed by atoms with Crippen LogP contribution in [0.25, 0.3) is 0 Å². The number of nitrogens with zero attached hydrogens (tertiary/aromatic N) is 1. The molecule has 0 aromatic heterocycles. The van der Waals surface area contributed by atoms with Crippen molar-refractivity contribution in [3.05, 3.63) is 63.2 Å². The minimum absolute atomic E-state index is 0.0194. The van der Waals surface area contributed by atoms with Gasteiger partial charge in [-0.05, 0) is 30.5 Å². The number of non-ortho nitro benzene ring substituents is 1. The van der Waals surface area contributed by atoms with Gasteiger partial charge in [0.05, 0.1) is 25.7 Å². The van der Waals surface area contributed by atoms with Crippen molar-refractivity contribution in [3.8, 4) is 11.5 Å². The average molecular weight is 369 g/mol. The van der Waals surface area contributed by atoms with Crippen LogP contribution >= 0.6 is 0 Å². The van der Waals surface area contributed by atoms with E-state index in [4.69, 9.17) is 9.47 Å². The number of rotatable bonds is 4. The Morgan fingerprint density at radius 1 is 1.11 bits per heavy atom. The molecule has 2 N–H and O–H groups in total. The molecule has 1 heterocycles. The lowest BCUT2D eigenvalue weighted by molar-refractivity contribution is -0.698. The van der Waals surface area contributed by atoms with Crippen LogP contribution in [0.1, 0.15) is 48.4 Å². The molecule has 1 spiro atoms. The molecule has 6 nitrogen and oxygen atoms in total. The molecule has 2 aliphatic rings. The monoisotopic (exact) mass is 369 g/mol. The Labute approximate surface area is 158 Å². The van der Waals surface area contributed by atoms with Gasteiger partial charge in [0, 0.05) is 28.7 Å². The molecule has 0 unspecified atom stereocenters. The number of nitro benzene ring substituents is 1. The summed E-state index contributed by atoms with van der Waals surface area (Å²) < 4.78 is 11.1. The maximum Gasteiger partial charge on any atom is 0.269 e. The largest absolute Gasteiger partial charge is 0.493 e. The molecule has 0 saturated heterocycles. The SMILES string of the molecule is COc1cc2c(cc1OC)C1(CCCC1)C[NH2+][C@H]2c1cccc([N+](=O)[O-])c1. The van der Waals surface area contributed by atoms with Crippen molar-refractivity contribution >= 4 is 5.69 Å². The molecule has 0 amide bonds. The Morgan fingerprint density at radius 2 is 1.81 bits per heavy atom. The highest BCUT2D eigenvalue weighted by atomic mass is 16.6. The number of methoxy groups -OCH3 is 2. The number of ether oxygens (including phenoxy) is 2. The number of hydrogen-bond donors (Lipinski definition) is 1. The second kappa shape index (κ2) is 6.85. The van der Waals surface area contributed by atoms with Gasteiger partial charge in [0.1, 0.15) is 6.04 Å². The summed E-state index contributed by atoms with van der Waals surface area (Å²) in [5, 5.41) is 13.6. The van der Waals surface area contributed by atoms with Gasteiger partial charge in [-0.3, -0.25) is 10.1 Å². The van der Waals surface area contributed by atoms with E-state index in [2.05, 4.69) is 17.4 Å². The zero-order chi connectivity index (χ0) is 19.0. The van der Waals surface area contributed by atoms with Gasteiger partial charge < -0.3 is 14.8 Å². The van der Waals surface area contributed by atoms with Crippen LogP contribution in [0, 0.1) is 10.1 Å². The van der Waals surface area contributed by atoms with Crippen LogP contribution in [-0.4, -0.2) is 25.7 Å². The number of hydrogen-bond acceptors (Lipinski definition) is 4. The van der Waals surface area contributed by atoms with Gasteiger partial charge in [0.2, 0.25) is 0 Å². The van der Waals surface area contributed by atoms with Gasteiger partial charge in [0.15, 0.2) is 11.5 Å². The summed E-state index contributed by atoms with van der Waals surface area (Å²) in [6.07, 6.45) is 4.83. The molecule has 0 bridgehead atoms. The van der Waals surface area contributed by atoms with Gasteiger partial charge in [-0.25, -0.2) is 0 Å². The zero-order valence-electron chi connectivity index (χ0n) is 15.7.